The lowest BCUT2D eigenvalue weighted by molar-refractivity contribution is 0.0933. The first kappa shape index (κ1) is 10.4. The third-order valence-corrected chi connectivity index (χ3v) is 3.07. The molecule has 0 aliphatic carbocycles. The summed E-state index contributed by atoms with van der Waals surface area (Å²) in [6.45, 7) is 4.68. The molecule has 1 heterocycles. The zero-order valence-corrected chi connectivity index (χ0v) is 9.07. The van der Waals surface area contributed by atoms with Gasteiger partial charge < -0.3 is 5.32 Å². The van der Waals surface area contributed by atoms with E-state index in [1.807, 2.05) is 32.3 Å². The van der Waals surface area contributed by atoms with Crippen LogP contribution in [-0.2, 0) is 0 Å². The zero-order chi connectivity index (χ0) is 9.84. The molecule has 13 heavy (non-hydrogen) atoms. The molecule has 1 rings (SSSR count). The van der Waals surface area contributed by atoms with Crippen LogP contribution in [0.1, 0.15) is 22.2 Å². The van der Waals surface area contributed by atoms with Crippen LogP contribution in [0.2, 0.25) is 0 Å². The van der Waals surface area contributed by atoms with Crippen molar-refractivity contribution in [1.82, 2.24) is 5.32 Å². The monoisotopic (exact) mass is 197 g/mol. The zero-order valence-electron chi connectivity index (χ0n) is 8.26. The molecule has 0 saturated carbocycles. The number of nitrogens with one attached hydrogen (secondary N) is 1. The van der Waals surface area contributed by atoms with Gasteiger partial charge in [-0.3, -0.25) is 4.79 Å². The van der Waals surface area contributed by atoms with Crippen LogP contribution >= 0.6 is 11.3 Å². The maximum Gasteiger partial charge on any atom is 0.177 e. The predicted molar refractivity (Wildman–Crippen MR) is 56.5 cm³/mol. The van der Waals surface area contributed by atoms with Gasteiger partial charge in [0.25, 0.3) is 0 Å². The van der Waals surface area contributed by atoms with Gasteiger partial charge in [0.2, 0.25) is 0 Å². The molecule has 1 unspecified atom stereocenters. The minimum absolute atomic E-state index is 0.0716. The Balaban J connectivity index is 2.73. The summed E-state index contributed by atoms with van der Waals surface area (Å²) >= 11 is 1.53. The maximum absolute atomic E-state index is 11.8. The summed E-state index contributed by atoms with van der Waals surface area (Å²) in [7, 11) is 1.87. The average Bonchev–Trinajstić information content (AvgIpc) is 2.50. The fourth-order valence-electron chi connectivity index (χ4n) is 1.25. The van der Waals surface area contributed by atoms with E-state index in [1.165, 1.54) is 11.3 Å². The number of Topliss-reactive ketones (excluding diaryl/α,β-unsaturated/α-hetero) is 1. The Hall–Kier alpha value is -0.670. The molecule has 0 radical (unpaired) electrons. The molecule has 3 heteroatoms. The van der Waals surface area contributed by atoms with Crippen LogP contribution in [0.3, 0.4) is 0 Å². The highest BCUT2D eigenvalue weighted by Gasteiger charge is 2.16. The third kappa shape index (κ3) is 2.39. The number of carbonyl (C=O) groups is 1. The SMILES string of the molecule is CNCC(C)C(=O)c1sccc1C. The highest BCUT2D eigenvalue weighted by molar-refractivity contribution is 7.12. The number of carbonyl (C=O) groups excluding carboxylic acids is 1. The van der Waals surface area contributed by atoms with E-state index in [0.29, 0.717) is 0 Å². The molecular weight excluding hydrogens is 182 g/mol. The molecule has 0 aliphatic rings. The van der Waals surface area contributed by atoms with Crippen molar-refractivity contribution in [2.75, 3.05) is 13.6 Å². The fourth-order valence-corrected chi connectivity index (χ4v) is 2.23. The van der Waals surface area contributed by atoms with E-state index < -0.39 is 0 Å². The molecule has 0 saturated heterocycles. The summed E-state index contributed by atoms with van der Waals surface area (Å²) in [5, 5.41) is 4.98. The lowest BCUT2D eigenvalue weighted by atomic mass is 10.0. The minimum atomic E-state index is 0.0716. The number of thiophene rings is 1. The van der Waals surface area contributed by atoms with Gasteiger partial charge in [-0.05, 0) is 31.0 Å². The molecule has 0 aromatic carbocycles. The molecule has 0 fully saturated rings. The molecule has 0 spiro atoms. The third-order valence-electron chi connectivity index (χ3n) is 2.04. The van der Waals surface area contributed by atoms with E-state index in [1.54, 1.807) is 0 Å². The number of hydrogen-bond acceptors (Lipinski definition) is 3. The van der Waals surface area contributed by atoms with Crippen molar-refractivity contribution in [2.45, 2.75) is 13.8 Å². The molecule has 2 nitrogen and oxygen atoms in total. The molecule has 0 amide bonds. The normalized spacial score (nSPS) is 12.8. The van der Waals surface area contributed by atoms with E-state index in [0.717, 1.165) is 17.0 Å². The van der Waals surface area contributed by atoms with Crippen molar-refractivity contribution in [3.05, 3.63) is 21.9 Å². The van der Waals surface area contributed by atoms with Crippen molar-refractivity contribution in [1.29, 1.82) is 0 Å². The van der Waals surface area contributed by atoms with Gasteiger partial charge >= 0.3 is 0 Å². The second-order valence-corrected chi connectivity index (χ2v) is 4.17. The molecule has 1 atom stereocenters. The summed E-state index contributed by atoms with van der Waals surface area (Å²) < 4.78 is 0. The summed E-state index contributed by atoms with van der Waals surface area (Å²) in [5.41, 5.74) is 1.10. The van der Waals surface area contributed by atoms with Crippen molar-refractivity contribution >= 4 is 17.1 Å². The van der Waals surface area contributed by atoms with Gasteiger partial charge in [0.05, 0.1) is 4.88 Å². The Bertz CT molecular complexity index is 293. The summed E-state index contributed by atoms with van der Waals surface area (Å²) in [6.07, 6.45) is 0. The van der Waals surface area contributed by atoms with E-state index in [2.05, 4.69) is 5.32 Å². The molecular formula is C10H15NOS. The van der Waals surface area contributed by atoms with Crippen molar-refractivity contribution in [3.63, 3.8) is 0 Å². The summed E-state index contributed by atoms with van der Waals surface area (Å²) in [5.74, 6) is 0.323. The largest absolute Gasteiger partial charge is 0.319 e. The molecule has 1 N–H and O–H groups in total. The first-order valence-corrected chi connectivity index (χ1v) is 5.27. The van der Waals surface area contributed by atoms with E-state index in [-0.39, 0.29) is 11.7 Å². The molecule has 0 bridgehead atoms. The van der Waals surface area contributed by atoms with Crippen molar-refractivity contribution in [2.24, 2.45) is 5.92 Å². The Morgan fingerprint density at radius 2 is 2.38 bits per heavy atom. The van der Waals surface area contributed by atoms with E-state index >= 15 is 0 Å². The van der Waals surface area contributed by atoms with Gasteiger partial charge in [-0.25, -0.2) is 0 Å². The Morgan fingerprint density at radius 3 is 2.85 bits per heavy atom. The van der Waals surface area contributed by atoms with E-state index in [9.17, 15) is 4.79 Å². The fraction of sp³-hybridized carbons (Fsp3) is 0.500. The average molecular weight is 197 g/mol. The summed E-state index contributed by atoms with van der Waals surface area (Å²) in [4.78, 5) is 12.7. The number of aryl methyl sites for hydroxylation is 1. The Labute approximate surface area is 83.0 Å². The Morgan fingerprint density at radius 1 is 1.69 bits per heavy atom. The second-order valence-electron chi connectivity index (χ2n) is 3.26. The van der Waals surface area contributed by atoms with Gasteiger partial charge in [0.1, 0.15) is 0 Å². The summed E-state index contributed by atoms with van der Waals surface area (Å²) in [6, 6.07) is 1.99. The topological polar surface area (TPSA) is 29.1 Å². The van der Waals surface area contributed by atoms with Crippen LogP contribution in [0.25, 0.3) is 0 Å². The van der Waals surface area contributed by atoms with Crippen molar-refractivity contribution < 1.29 is 4.79 Å². The number of hydrogen-bond donors (Lipinski definition) is 1. The van der Waals surface area contributed by atoms with Crippen LogP contribution < -0.4 is 5.32 Å². The van der Waals surface area contributed by atoms with Gasteiger partial charge in [0.15, 0.2) is 5.78 Å². The lowest BCUT2D eigenvalue weighted by Gasteiger charge is -2.08. The van der Waals surface area contributed by atoms with Gasteiger partial charge in [-0.1, -0.05) is 6.92 Å². The standard InChI is InChI=1S/C10H15NOS/c1-7-4-5-13-10(7)9(12)8(2)6-11-3/h4-5,8,11H,6H2,1-3H3. The van der Waals surface area contributed by atoms with Gasteiger partial charge in [-0.2, -0.15) is 0 Å². The van der Waals surface area contributed by atoms with Crippen LogP contribution in [0.15, 0.2) is 11.4 Å². The Kier molecular flexibility index (Phi) is 3.63. The molecule has 0 aliphatic heterocycles. The molecule has 72 valence electrons. The van der Waals surface area contributed by atoms with Gasteiger partial charge in [-0.15, -0.1) is 11.3 Å². The predicted octanol–water partition coefficient (Wildman–Crippen LogP) is 2.09. The smallest absolute Gasteiger partial charge is 0.177 e. The van der Waals surface area contributed by atoms with Gasteiger partial charge in [0, 0.05) is 12.5 Å². The lowest BCUT2D eigenvalue weighted by Crippen LogP contribution is -2.23. The van der Waals surface area contributed by atoms with Crippen LogP contribution in [0.4, 0.5) is 0 Å². The number of rotatable bonds is 4. The highest BCUT2D eigenvalue weighted by atomic mass is 32.1. The second kappa shape index (κ2) is 4.53. The maximum atomic E-state index is 11.8. The van der Waals surface area contributed by atoms with Crippen molar-refractivity contribution in [3.8, 4) is 0 Å². The molecule has 1 aromatic rings. The quantitative estimate of drug-likeness (QED) is 0.749. The first-order valence-electron chi connectivity index (χ1n) is 4.39. The highest BCUT2D eigenvalue weighted by Crippen LogP contribution is 2.19. The minimum Gasteiger partial charge on any atom is -0.319 e. The van der Waals surface area contributed by atoms with Crippen LogP contribution in [0, 0.1) is 12.8 Å². The number of ketones is 1. The van der Waals surface area contributed by atoms with Crippen LogP contribution in [-0.4, -0.2) is 19.4 Å². The van der Waals surface area contributed by atoms with Crippen LogP contribution in [0.5, 0.6) is 0 Å². The van der Waals surface area contributed by atoms with E-state index in [4.69, 9.17) is 0 Å². The first-order chi connectivity index (χ1) is 6.16. The molecule has 1 aromatic heterocycles.